The predicted octanol–water partition coefficient (Wildman–Crippen LogP) is 17.5. The smallest absolute Gasteiger partial charge is 0.417 e. The van der Waals surface area contributed by atoms with Crippen LogP contribution >= 0.6 is 0 Å². The lowest BCUT2D eigenvalue weighted by Gasteiger charge is -2.18. The summed E-state index contributed by atoms with van der Waals surface area (Å²) >= 11 is 0. The van der Waals surface area contributed by atoms with Crippen LogP contribution in [0.3, 0.4) is 0 Å². The van der Waals surface area contributed by atoms with Gasteiger partial charge in [0.2, 0.25) is 0 Å². The average Bonchev–Trinajstić information content (AvgIpc) is 3.35. The van der Waals surface area contributed by atoms with Gasteiger partial charge in [-0.25, -0.2) is 19.2 Å². The molecule has 2 N–H and O–H groups in total. The van der Waals surface area contributed by atoms with E-state index in [1.807, 2.05) is 46.8 Å². The Labute approximate surface area is 427 Å². The van der Waals surface area contributed by atoms with E-state index in [1.54, 1.807) is 42.5 Å². The first kappa shape index (κ1) is 59.4. The van der Waals surface area contributed by atoms with Crippen LogP contribution in [-0.4, -0.2) is 36.3 Å². The molecule has 10 nitrogen and oxygen atoms in total. The van der Waals surface area contributed by atoms with Crippen LogP contribution in [-0.2, 0) is 22.3 Å². The number of nitrogens with one attached hydrogen (secondary N) is 2. The highest BCUT2D eigenvalue weighted by atomic mass is 16.6. The van der Waals surface area contributed by atoms with E-state index in [1.165, 1.54) is 12.8 Å². The van der Waals surface area contributed by atoms with Crippen molar-refractivity contribution in [1.29, 1.82) is 0 Å². The number of hydrogen-bond donors (Lipinski definition) is 2. The highest BCUT2D eigenvalue weighted by Gasteiger charge is 2.24. The summed E-state index contributed by atoms with van der Waals surface area (Å²) in [5, 5.41) is 5.52. The lowest BCUT2D eigenvalue weighted by Crippen LogP contribution is -2.22. The maximum absolute atomic E-state index is 13.6. The number of esters is 2. The molecular weight excluding hydrogens is 889 g/mol. The molecule has 3 aromatic rings. The van der Waals surface area contributed by atoms with Gasteiger partial charge in [0.1, 0.15) is 22.6 Å². The molecule has 3 aromatic carbocycles. The summed E-state index contributed by atoms with van der Waals surface area (Å²) < 4.78 is 23.2. The van der Waals surface area contributed by atoms with Crippen molar-refractivity contribution in [1.82, 2.24) is 0 Å². The van der Waals surface area contributed by atoms with Crippen molar-refractivity contribution in [3.05, 3.63) is 131 Å². The van der Waals surface area contributed by atoms with Gasteiger partial charge in [-0.05, 0) is 152 Å². The number of carbonyl (C=O) groups excluding carboxylic acids is 4. The summed E-state index contributed by atoms with van der Waals surface area (Å²) in [6.45, 7) is 13.7. The quantitative estimate of drug-likeness (QED) is 0.0344. The third kappa shape index (κ3) is 24.2. The normalized spacial score (nSPS) is 12.4. The molecule has 0 bridgehead atoms. The molecule has 0 aliphatic rings. The maximum atomic E-state index is 13.6. The average molecular weight is 975 g/mol. The molecule has 3 rings (SSSR count). The predicted molar refractivity (Wildman–Crippen MR) is 292 cm³/mol. The summed E-state index contributed by atoms with van der Waals surface area (Å²) in [5.41, 5.74) is 3.43. The number of amides is 2. The van der Waals surface area contributed by atoms with Gasteiger partial charge in [0, 0.05) is 11.4 Å². The molecule has 2 atom stereocenters. The van der Waals surface area contributed by atoms with E-state index >= 15 is 0 Å². The highest BCUT2D eigenvalue weighted by Crippen LogP contribution is 2.30. The van der Waals surface area contributed by atoms with Crippen LogP contribution in [0.4, 0.5) is 21.0 Å². The minimum Gasteiger partial charge on any atom is -0.459 e. The van der Waals surface area contributed by atoms with Crippen molar-refractivity contribution in [2.45, 2.75) is 202 Å². The van der Waals surface area contributed by atoms with Crippen LogP contribution in [0.2, 0.25) is 0 Å². The van der Waals surface area contributed by atoms with Crippen LogP contribution in [0.1, 0.15) is 207 Å². The standard InChI is InChI=1S/C61H86N2O8/c1-8-12-14-16-18-20-22-24-26-28-30-32-34-38-50-40-36-42-54(56(50)58(64)68-48(6)10-3)70-60(66)62-52-45-44-47(5)53(46-52)63-61(67)71-55-43-37-41-51(57(55)59(65)69-49(7)11-4)39-35-33-31-29-27-25-23-21-19-17-15-13-9-2/h14-17,20-23,36-37,40-46,48-49H,8-13,18-19,24-35,38-39H2,1-7H3,(H,62,66)(H,63,67)/b16-14+,17-15+,22-20+,23-21+. The molecular formula is C61H86N2O8. The van der Waals surface area contributed by atoms with Gasteiger partial charge in [0.15, 0.2) is 0 Å². The van der Waals surface area contributed by atoms with Crippen molar-refractivity contribution in [3.63, 3.8) is 0 Å². The number of benzene rings is 3. The Morgan fingerprint density at radius 2 is 0.930 bits per heavy atom. The van der Waals surface area contributed by atoms with E-state index in [9.17, 15) is 19.2 Å². The Bertz CT molecular complexity index is 2170. The topological polar surface area (TPSA) is 129 Å². The molecule has 0 saturated carbocycles. The van der Waals surface area contributed by atoms with Crippen LogP contribution in [0.15, 0.2) is 103 Å². The second-order valence-corrected chi connectivity index (χ2v) is 18.4. The molecule has 0 spiro atoms. The van der Waals surface area contributed by atoms with Gasteiger partial charge in [0.05, 0.1) is 12.2 Å². The lowest BCUT2D eigenvalue weighted by atomic mass is 9.99. The van der Waals surface area contributed by atoms with E-state index in [4.69, 9.17) is 18.9 Å². The minimum absolute atomic E-state index is 0.105. The summed E-state index contributed by atoms with van der Waals surface area (Å²) in [5.74, 6) is -0.858. The lowest BCUT2D eigenvalue weighted by molar-refractivity contribution is 0.0319. The summed E-state index contributed by atoms with van der Waals surface area (Å²) in [6, 6.07) is 15.5. The Morgan fingerprint density at radius 1 is 0.507 bits per heavy atom. The first-order valence-corrected chi connectivity index (χ1v) is 26.8. The Kier molecular flexibility index (Phi) is 30.2. The molecule has 0 fully saturated rings. The van der Waals surface area contributed by atoms with Crippen molar-refractivity contribution < 1.29 is 38.1 Å². The maximum Gasteiger partial charge on any atom is 0.417 e. The second-order valence-electron chi connectivity index (χ2n) is 18.4. The SMILES string of the molecule is CCC/C=C/C/C=C/CCCCCCCc1cccc(OC(=O)Nc2ccc(C)c(NC(=O)Oc3cccc(CCCCCCC/C=C/C/C=C/CCC)c3C(=O)OC(C)CC)c2)c1C(=O)OC(C)CC. The van der Waals surface area contributed by atoms with Gasteiger partial charge in [0.25, 0.3) is 0 Å². The molecule has 2 amide bonds. The van der Waals surface area contributed by atoms with Crippen molar-refractivity contribution in [2.24, 2.45) is 0 Å². The molecule has 0 aromatic heterocycles. The zero-order chi connectivity index (χ0) is 51.5. The zero-order valence-electron chi connectivity index (χ0n) is 44.3. The Hall–Kier alpha value is -5.90. The number of anilines is 2. The zero-order valence-corrected chi connectivity index (χ0v) is 44.3. The number of hydrogen-bond acceptors (Lipinski definition) is 8. The summed E-state index contributed by atoms with van der Waals surface area (Å²) in [4.78, 5) is 54.2. The summed E-state index contributed by atoms with van der Waals surface area (Å²) in [6.07, 6.45) is 37.5. The first-order valence-electron chi connectivity index (χ1n) is 26.8. The number of ether oxygens (including phenoxy) is 4. The van der Waals surface area contributed by atoms with Gasteiger partial charge in [-0.1, -0.05) is 158 Å². The Morgan fingerprint density at radius 3 is 1.38 bits per heavy atom. The van der Waals surface area contributed by atoms with Crippen LogP contribution < -0.4 is 20.1 Å². The van der Waals surface area contributed by atoms with Crippen molar-refractivity contribution >= 4 is 35.5 Å². The molecule has 0 saturated heterocycles. The van der Waals surface area contributed by atoms with Gasteiger partial charge in [-0.15, -0.1) is 0 Å². The molecule has 388 valence electrons. The molecule has 0 aliphatic carbocycles. The van der Waals surface area contributed by atoms with Gasteiger partial charge < -0.3 is 18.9 Å². The summed E-state index contributed by atoms with van der Waals surface area (Å²) in [7, 11) is 0. The van der Waals surface area contributed by atoms with E-state index in [2.05, 4.69) is 73.1 Å². The van der Waals surface area contributed by atoms with Crippen LogP contribution in [0.25, 0.3) is 0 Å². The third-order valence-corrected chi connectivity index (χ3v) is 12.3. The van der Waals surface area contributed by atoms with Gasteiger partial charge >= 0.3 is 24.1 Å². The van der Waals surface area contributed by atoms with Crippen LogP contribution in [0.5, 0.6) is 11.5 Å². The fourth-order valence-corrected chi connectivity index (χ4v) is 7.73. The Balaban J connectivity index is 1.64. The highest BCUT2D eigenvalue weighted by molar-refractivity contribution is 5.98. The van der Waals surface area contributed by atoms with E-state index < -0.39 is 24.1 Å². The molecule has 0 radical (unpaired) electrons. The van der Waals surface area contributed by atoms with E-state index in [0.717, 1.165) is 114 Å². The van der Waals surface area contributed by atoms with Crippen LogP contribution in [0, 0.1) is 6.92 Å². The molecule has 2 unspecified atom stereocenters. The fraction of sp³-hybridized carbons (Fsp3) is 0.508. The molecule has 71 heavy (non-hydrogen) atoms. The molecule has 10 heteroatoms. The van der Waals surface area contributed by atoms with Crippen molar-refractivity contribution in [2.75, 3.05) is 10.6 Å². The third-order valence-electron chi connectivity index (χ3n) is 12.3. The first-order chi connectivity index (χ1) is 34.5. The number of allylic oxidation sites excluding steroid dienone is 8. The number of aryl methyl sites for hydroxylation is 3. The number of carbonyl (C=O) groups is 4. The number of rotatable bonds is 34. The minimum atomic E-state index is -0.817. The second kappa shape index (κ2) is 36.1. The molecule has 0 aliphatic heterocycles. The van der Waals surface area contributed by atoms with Gasteiger partial charge in [-0.2, -0.15) is 0 Å². The fourth-order valence-electron chi connectivity index (χ4n) is 7.73. The van der Waals surface area contributed by atoms with Gasteiger partial charge in [-0.3, -0.25) is 10.6 Å². The van der Waals surface area contributed by atoms with E-state index in [-0.39, 0.29) is 34.8 Å². The number of unbranched alkanes of at least 4 members (excludes halogenated alkanes) is 12. The monoisotopic (exact) mass is 975 g/mol. The molecule has 0 heterocycles. The largest absolute Gasteiger partial charge is 0.459 e. The van der Waals surface area contributed by atoms with E-state index in [0.29, 0.717) is 42.6 Å². The van der Waals surface area contributed by atoms with Crippen molar-refractivity contribution in [3.8, 4) is 11.5 Å².